The molecular weight excluding hydrogens is 419 g/mol. The number of nitrogens with zero attached hydrogens (tertiary/aromatic N) is 3. The highest BCUT2D eigenvalue weighted by Crippen LogP contribution is 2.40. The van der Waals surface area contributed by atoms with E-state index in [0.717, 1.165) is 16.8 Å². The maximum Gasteiger partial charge on any atom is 0.415 e. The van der Waals surface area contributed by atoms with E-state index in [1.807, 2.05) is 18.2 Å². The second-order valence-corrected chi connectivity index (χ2v) is 8.05. The second kappa shape index (κ2) is 7.86. The molecule has 2 aromatic rings. The average molecular weight is 440 g/mol. The number of amides is 2. The molecule has 0 aliphatic carbocycles. The highest BCUT2D eigenvalue weighted by Gasteiger charge is 2.47. The number of aromatic nitrogens is 1. The zero-order chi connectivity index (χ0) is 22.4. The molecule has 0 bridgehead atoms. The molecule has 2 amide bonds. The standard InChI is InChI=1S/C22H21FN4O5/c1-11(29)24-9-20-19-6-13-4-12(2-3-18(13)27(19)22(30)31-20)14-5-16(23)21(25-8-14)17-7-15(10-28)32-26-17/h2-5,8,15,19-20,28H,6-7,9-10H2,1H3,(H,24,29)/t15?,19?,20-/m0/s1. The number of oxime groups is 1. The highest BCUT2D eigenvalue weighted by atomic mass is 19.1. The summed E-state index contributed by atoms with van der Waals surface area (Å²) in [7, 11) is 0. The zero-order valence-electron chi connectivity index (χ0n) is 17.2. The van der Waals surface area contributed by atoms with Crippen molar-refractivity contribution in [3.05, 3.63) is 47.5 Å². The van der Waals surface area contributed by atoms with Crippen molar-refractivity contribution in [3.63, 3.8) is 0 Å². The maximum absolute atomic E-state index is 14.8. The predicted octanol–water partition coefficient (Wildman–Crippen LogP) is 1.76. The molecule has 2 N–H and O–H groups in total. The van der Waals surface area contributed by atoms with Crippen LogP contribution in [0.2, 0.25) is 0 Å². The van der Waals surface area contributed by atoms with Crippen LogP contribution >= 0.6 is 0 Å². The fourth-order valence-corrected chi connectivity index (χ4v) is 4.35. The Hall–Kier alpha value is -3.53. The Kier molecular flexibility index (Phi) is 5.01. The third-order valence-electron chi connectivity index (χ3n) is 5.91. The molecule has 0 saturated carbocycles. The number of hydrogen-bond acceptors (Lipinski definition) is 7. The molecule has 2 unspecified atom stereocenters. The fourth-order valence-electron chi connectivity index (χ4n) is 4.35. The van der Waals surface area contributed by atoms with E-state index >= 15 is 0 Å². The van der Waals surface area contributed by atoms with Crippen molar-refractivity contribution in [1.82, 2.24) is 10.3 Å². The van der Waals surface area contributed by atoms with Crippen molar-refractivity contribution in [3.8, 4) is 11.1 Å². The number of benzene rings is 1. The van der Waals surface area contributed by atoms with E-state index < -0.39 is 24.1 Å². The predicted molar refractivity (Wildman–Crippen MR) is 112 cm³/mol. The van der Waals surface area contributed by atoms with Crippen LogP contribution in [0.3, 0.4) is 0 Å². The Morgan fingerprint density at radius 1 is 1.31 bits per heavy atom. The average Bonchev–Trinajstić information content (AvgIpc) is 3.47. The summed E-state index contributed by atoms with van der Waals surface area (Å²) in [6, 6.07) is 6.74. The van der Waals surface area contributed by atoms with Gasteiger partial charge in [-0.05, 0) is 35.7 Å². The van der Waals surface area contributed by atoms with E-state index in [2.05, 4.69) is 15.5 Å². The lowest BCUT2D eigenvalue weighted by atomic mass is 10.00. The Bertz CT molecular complexity index is 1140. The van der Waals surface area contributed by atoms with Crippen LogP contribution in [-0.4, -0.2) is 59.2 Å². The van der Waals surface area contributed by atoms with Crippen LogP contribution in [-0.2, 0) is 20.8 Å². The third-order valence-corrected chi connectivity index (χ3v) is 5.91. The highest BCUT2D eigenvalue weighted by molar-refractivity contribution is 6.00. The van der Waals surface area contributed by atoms with Gasteiger partial charge in [-0.25, -0.2) is 9.18 Å². The number of aliphatic hydroxyl groups excluding tert-OH is 1. The number of fused-ring (bicyclic) bond motifs is 3. The van der Waals surface area contributed by atoms with Crippen molar-refractivity contribution in [1.29, 1.82) is 0 Å². The largest absolute Gasteiger partial charge is 0.442 e. The van der Waals surface area contributed by atoms with Crippen LogP contribution < -0.4 is 10.2 Å². The molecule has 0 spiro atoms. The Morgan fingerprint density at radius 3 is 2.88 bits per heavy atom. The normalized spacial score (nSPS) is 23.3. The zero-order valence-corrected chi connectivity index (χ0v) is 17.2. The quantitative estimate of drug-likeness (QED) is 0.733. The molecule has 1 saturated heterocycles. The monoisotopic (exact) mass is 440 g/mol. The van der Waals surface area contributed by atoms with Gasteiger partial charge in [0.25, 0.3) is 0 Å². The van der Waals surface area contributed by atoms with Gasteiger partial charge in [0.05, 0.1) is 24.9 Å². The molecule has 1 fully saturated rings. The fraction of sp³-hybridized carbons (Fsp3) is 0.364. The molecule has 166 valence electrons. The molecule has 1 aromatic heterocycles. The Balaban J connectivity index is 1.38. The van der Waals surface area contributed by atoms with Gasteiger partial charge in [0.2, 0.25) is 5.91 Å². The number of carbonyl (C=O) groups excluding carboxylic acids is 2. The van der Waals surface area contributed by atoms with Gasteiger partial charge in [0.15, 0.2) is 11.9 Å². The summed E-state index contributed by atoms with van der Waals surface area (Å²) in [6.07, 6.45) is 1.10. The number of carbonyl (C=O) groups is 2. The van der Waals surface area contributed by atoms with E-state index in [-0.39, 0.29) is 30.8 Å². The van der Waals surface area contributed by atoms with E-state index in [4.69, 9.17) is 14.7 Å². The third kappa shape index (κ3) is 3.46. The summed E-state index contributed by atoms with van der Waals surface area (Å²) in [5.41, 5.74) is 3.54. The molecule has 3 atom stereocenters. The number of hydrogen-bond donors (Lipinski definition) is 2. The Labute approximate surface area is 182 Å². The summed E-state index contributed by atoms with van der Waals surface area (Å²) in [5.74, 6) is -0.708. The summed E-state index contributed by atoms with van der Waals surface area (Å²) in [6.45, 7) is 1.48. The number of halogens is 1. The first-order valence-corrected chi connectivity index (χ1v) is 10.3. The number of anilines is 1. The van der Waals surface area contributed by atoms with Crippen LogP contribution in [0.1, 0.15) is 24.6 Å². The minimum Gasteiger partial charge on any atom is -0.442 e. The minimum atomic E-state index is -0.525. The van der Waals surface area contributed by atoms with Gasteiger partial charge >= 0.3 is 6.09 Å². The van der Waals surface area contributed by atoms with Crippen molar-refractivity contribution in [2.45, 2.75) is 38.0 Å². The SMILES string of the molecule is CC(=O)NC[C@@H]1OC(=O)N2c3ccc(-c4cnc(C5=NOC(CO)C5)c(F)c4)cc3CC12. The number of ether oxygens (including phenoxy) is 1. The second-order valence-electron chi connectivity index (χ2n) is 8.05. The van der Waals surface area contributed by atoms with E-state index in [1.165, 1.54) is 13.0 Å². The molecule has 5 rings (SSSR count). The van der Waals surface area contributed by atoms with Gasteiger partial charge < -0.3 is 20.0 Å². The van der Waals surface area contributed by atoms with Crippen LogP contribution in [0.25, 0.3) is 11.1 Å². The topological polar surface area (TPSA) is 113 Å². The molecule has 3 aliphatic heterocycles. The number of cyclic esters (lactones) is 1. The first-order valence-electron chi connectivity index (χ1n) is 10.3. The molecule has 1 aromatic carbocycles. The number of nitrogens with one attached hydrogen (secondary N) is 1. The summed E-state index contributed by atoms with van der Waals surface area (Å²) >= 11 is 0. The molecule has 3 aliphatic rings. The van der Waals surface area contributed by atoms with Gasteiger partial charge in [0.1, 0.15) is 17.5 Å². The number of aliphatic hydroxyl groups is 1. The Morgan fingerprint density at radius 2 is 2.16 bits per heavy atom. The van der Waals surface area contributed by atoms with Crippen LogP contribution in [0.5, 0.6) is 0 Å². The van der Waals surface area contributed by atoms with Crippen LogP contribution in [0, 0.1) is 5.82 Å². The lowest BCUT2D eigenvalue weighted by Gasteiger charge is -2.16. The maximum atomic E-state index is 14.8. The van der Waals surface area contributed by atoms with E-state index in [1.54, 1.807) is 11.1 Å². The summed E-state index contributed by atoms with van der Waals surface area (Å²) in [5, 5.41) is 15.7. The smallest absolute Gasteiger partial charge is 0.415 e. The summed E-state index contributed by atoms with van der Waals surface area (Å²) in [4.78, 5) is 34.5. The first kappa shape index (κ1) is 20.4. The van der Waals surface area contributed by atoms with Gasteiger partial charge in [-0.2, -0.15) is 0 Å². The molecular formula is C22H21FN4O5. The molecule has 32 heavy (non-hydrogen) atoms. The van der Waals surface area contributed by atoms with Crippen molar-refractivity contribution in [2.75, 3.05) is 18.1 Å². The van der Waals surface area contributed by atoms with E-state index in [0.29, 0.717) is 24.1 Å². The van der Waals surface area contributed by atoms with Crippen molar-refractivity contribution in [2.24, 2.45) is 5.16 Å². The molecule has 10 heteroatoms. The van der Waals surface area contributed by atoms with Crippen molar-refractivity contribution < 1.29 is 28.7 Å². The molecule has 9 nitrogen and oxygen atoms in total. The first-order chi connectivity index (χ1) is 15.4. The minimum absolute atomic E-state index is 0.107. The molecule has 0 radical (unpaired) electrons. The molecule has 4 heterocycles. The lowest BCUT2D eigenvalue weighted by molar-refractivity contribution is -0.119. The van der Waals surface area contributed by atoms with Gasteiger partial charge in [-0.15, -0.1) is 0 Å². The van der Waals surface area contributed by atoms with Crippen LogP contribution in [0.15, 0.2) is 35.6 Å². The van der Waals surface area contributed by atoms with Crippen LogP contribution in [0.4, 0.5) is 14.9 Å². The number of pyridine rings is 1. The number of rotatable bonds is 5. The van der Waals surface area contributed by atoms with Gasteiger partial charge in [-0.3, -0.25) is 14.7 Å². The van der Waals surface area contributed by atoms with Gasteiger partial charge in [-0.1, -0.05) is 11.2 Å². The summed E-state index contributed by atoms with van der Waals surface area (Å²) < 4.78 is 20.2. The van der Waals surface area contributed by atoms with Gasteiger partial charge in [0, 0.05) is 25.1 Å². The lowest BCUT2D eigenvalue weighted by Crippen LogP contribution is -2.40. The van der Waals surface area contributed by atoms with Crippen molar-refractivity contribution >= 4 is 23.4 Å². The van der Waals surface area contributed by atoms with E-state index in [9.17, 15) is 14.0 Å².